The van der Waals surface area contributed by atoms with Crippen molar-refractivity contribution < 1.29 is 14.3 Å². The summed E-state index contributed by atoms with van der Waals surface area (Å²) in [4.78, 5) is 13.4. The van der Waals surface area contributed by atoms with Crippen molar-refractivity contribution in [3.63, 3.8) is 0 Å². The van der Waals surface area contributed by atoms with E-state index in [9.17, 15) is 4.79 Å². The van der Waals surface area contributed by atoms with Crippen molar-refractivity contribution in [2.24, 2.45) is 0 Å². The number of hydrogen-bond donors (Lipinski definition) is 0. The van der Waals surface area contributed by atoms with E-state index in [-0.39, 0.29) is 5.97 Å². The molecule has 2 heterocycles. The summed E-state index contributed by atoms with van der Waals surface area (Å²) < 4.78 is 9.93. The molecule has 0 aliphatic carbocycles. The van der Waals surface area contributed by atoms with Crippen LogP contribution in [0.1, 0.15) is 6.92 Å². The number of ether oxygens (including phenoxy) is 2. The van der Waals surface area contributed by atoms with Crippen molar-refractivity contribution in [1.29, 1.82) is 0 Å². The van der Waals surface area contributed by atoms with E-state index < -0.39 is 0 Å². The molecule has 0 aromatic carbocycles. The van der Waals surface area contributed by atoms with Crippen LogP contribution in [-0.4, -0.2) is 24.0 Å². The summed E-state index contributed by atoms with van der Waals surface area (Å²) in [5.41, 5.74) is 1.35. The number of carbonyl (C=O) groups is 1. The molecule has 0 amide bonds. The van der Waals surface area contributed by atoms with Crippen LogP contribution in [0, 0.1) is 0 Å². The van der Waals surface area contributed by atoms with Crippen LogP contribution in [0.15, 0.2) is 36.1 Å². The third-order valence-corrected chi connectivity index (χ3v) is 2.07. The molecule has 74 valence electrons. The Bertz CT molecular complexity index is 341. The molecule has 0 spiro atoms. The molecule has 4 nitrogen and oxygen atoms in total. The monoisotopic (exact) mass is 193 g/mol. The number of rotatable bonds is 2. The van der Waals surface area contributed by atoms with Crippen LogP contribution in [-0.2, 0) is 14.3 Å². The first-order valence-corrected chi connectivity index (χ1v) is 4.49. The molecule has 0 saturated heterocycles. The summed E-state index contributed by atoms with van der Waals surface area (Å²) in [6, 6.07) is 0. The molecule has 2 aliphatic heterocycles. The molecule has 0 unspecified atom stereocenters. The number of nitrogens with zero attached hydrogens (tertiary/aromatic N) is 1. The fraction of sp³-hybridized carbons (Fsp3) is 0.300. The normalized spacial score (nSPS) is 18.2. The maximum absolute atomic E-state index is 11.5. The Balaban J connectivity index is 2.15. The van der Waals surface area contributed by atoms with Gasteiger partial charge >= 0.3 is 5.97 Å². The fourth-order valence-electron chi connectivity index (χ4n) is 1.43. The van der Waals surface area contributed by atoms with Crippen LogP contribution in [0.2, 0.25) is 0 Å². The second-order valence-corrected chi connectivity index (χ2v) is 2.91. The van der Waals surface area contributed by atoms with Gasteiger partial charge in [-0.15, -0.1) is 0 Å². The SMILES string of the molecule is CCOC(=O)C1=CCN2C=COC=C12. The number of hydrogen-bond acceptors (Lipinski definition) is 4. The van der Waals surface area contributed by atoms with E-state index in [1.807, 2.05) is 11.0 Å². The minimum absolute atomic E-state index is 0.292. The van der Waals surface area contributed by atoms with Gasteiger partial charge in [0.2, 0.25) is 0 Å². The minimum Gasteiger partial charge on any atom is -0.469 e. The van der Waals surface area contributed by atoms with E-state index in [0.717, 1.165) is 5.70 Å². The molecular weight excluding hydrogens is 182 g/mol. The van der Waals surface area contributed by atoms with Gasteiger partial charge in [0, 0.05) is 12.7 Å². The molecule has 0 aromatic heterocycles. The predicted octanol–water partition coefficient (Wildman–Crippen LogP) is 1.13. The zero-order valence-corrected chi connectivity index (χ0v) is 7.90. The summed E-state index contributed by atoms with van der Waals surface area (Å²) >= 11 is 0. The molecule has 0 saturated carbocycles. The molecule has 0 fully saturated rings. The van der Waals surface area contributed by atoms with E-state index in [0.29, 0.717) is 18.7 Å². The highest BCUT2D eigenvalue weighted by Crippen LogP contribution is 2.26. The van der Waals surface area contributed by atoms with Crippen LogP contribution < -0.4 is 0 Å². The second kappa shape index (κ2) is 3.57. The van der Waals surface area contributed by atoms with Crippen LogP contribution >= 0.6 is 0 Å². The summed E-state index contributed by atoms with van der Waals surface area (Å²) in [5, 5.41) is 0. The molecule has 2 aliphatic rings. The fourth-order valence-corrected chi connectivity index (χ4v) is 1.43. The Kier molecular flexibility index (Phi) is 2.26. The van der Waals surface area contributed by atoms with Crippen molar-refractivity contribution in [1.82, 2.24) is 4.90 Å². The summed E-state index contributed by atoms with van der Waals surface area (Å²) in [6.45, 7) is 2.87. The highest BCUT2D eigenvalue weighted by Gasteiger charge is 2.26. The zero-order valence-electron chi connectivity index (χ0n) is 7.90. The average molecular weight is 193 g/mol. The molecule has 0 atom stereocenters. The highest BCUT2D eigenvalue weighted by molar-refractivity contribution is 5.94. The molecule has 2 rings (SSSR count). The smallest absolute Gasteiger partial charge is 0.340 e. The van der Waals surface area contributed by atoms with Crippen LogP contribution in [0.4, 0.5) is 0 Å². The minimum atomic E-state index is -0.292. The number of fused-ring (bicyclic) bond motifs is 1. The van der Waals surface area contributed by atoms with Crippen LogP contribution in [0.25, 0.3) is 0 Å². The van der Waals surface area contributed by atoms with Crippen molar-refractivity contribution in [3.05, 3.63) is 36.1 Å². The van der Waals surface area contributed by atoms with Gasteiger partial charge in [0.15, 0.2) is 0 Å². The third kappa shape index (κ3) is 1.39. The first kappa shape index (κ1) is 8.87. The lowest BCUT2D eigenvalue weighted by molar-refractivity contribution is -0.138. The largest absolute Gasteiger partial charge is 0.469 e. The molecule has 0 N–H and O–H groups in total. The Morgan fingerprint density at radius 3 is 3.36 bits per heavy atom. The first-order chi connectivity index (χ1) is 6.83. The van der Waals surface area contributed by atoms with E-state index in [1.165, 1.54) is 0 Å². The lowest BCUT2D eigenvalue weighted by Gasteiger charge is -2.18. The van der Waals surface area contributed by atoms with Gasteiger partial charge in [-0.2, -0.15) is 0 Å². The Morgan fingerprint density at radius 1 is 1.71 bits per heavy atom. The zero-order chi connectivity index (χ0) is 9.97. The van der Waals surface area contributed by atoms with E-state index in [2.05, 4.69) is 0 Å². The number of esters is 1. The van der Waals surface area contributed by atoms with Crippen molar-refractivity contribution >= 4 is 5.97 Å². The van der Waals surface area contributed by atoms with E-state index in [1.54, 1.807) is 25.6 Å². The summed E-state index contributed by atoms with van der Waals surface area (Å²) in [5.74, 6) is -0.292. The van der Waals surface area contributed by atoms with Crippen molar-refractivity contribution in [2.45, 2.75) is 6.92 Å². The summed E-state index contributed by atoms with van der Waals surface area (Å²) in [7, 11) is 0. The molecule has 0 radical (unpaired) electrons. The third-order valence-electron chi connectivity index (χ3n) is 2.07. The lowest BCUT2D eigenvalue weighted by Crippen LogP contribution is -2.17. The van der Waals surface area contributed by atoms with E-state index >= 15 is 0 Å². The Labute approximate surface area is 82.1 Å². The average Bonchev–Trinajstić information content (AvgIpc) is 2.61. The van der Waals surface area contributed by atoms with Gasteiger partial charge in [-0.05, 0) is 13.0 Å². The van der Waals surface area contributed by atoms with Gasteiger partial charge in [0.05, 0.1) is 17.9 Å². The first-order valence-electron chi connectivity index (χ1n) is 4.49. The quantitative estimate of drug-likeness (QED) is 0.616. The van der Waals surface area contributed by atoms with Gasteiger partial charge in [-0.25, -0.2) is 4.79 Å². The van der Waals surface area contributed by atoms with E-state index in [4.69, 9.17) is 9.47 Å². The topological polar surface area (TPSA) is 38.8 Å². The molecule has 4 heteroatoms. The maximum Gasteiger partial charge on any atom is 0.340 e. The lowest BCUT2D eigenvalue weighted by atomic mass is 10.2. The van der Waals surface area contributed by atoms with Gasteiger partial charge in [-0.1, -0.05) is 0 Å². The predicted molar refractivity (Wildman–Crippen MR) is 49.7 cm³/mol. The molecule has 0 bridgehead atoms. The van der Waals surface area contributed by atoms with Crippen molar-refractivity contribution in [3.8, 4) is 0 Å². The van der Waals surface area contributed by atoms with Gasteiger partial charge in [0.1, 0.15) is 12.5 Å². The summed E-state index contributed by atoms with van der Waals surface area (Å²) in [6.07, 6.45) is 6.75. The van der Waals surface area contributed by atoms with Gasteiger partial charge in [-0.3, -0.25) is 0 Å². The Hall–Kier alpha value is -1.71. The highest BCUT2D eigenvalue weighted by atomic mass is 16.5. The Morgan fingerprint density at radius 2 is 2.57 bits per heavy atom. The molecular formula is C10H11NO3. The molecule has 0 aromatic rings. The van der Waals surface area contributed by atoms with Crippen LogP contribution in [0.5, 0.6) is 0 Å². The van der Waals surface area contributed by atoms with Crippen molar-refractivity contribution in [2.75, 3.05) is 13.2 Å². The van der Waals surface area contributed by atoms with Crippen LogP contribution in [0.3, 0.4) is 0 Å². The number of carbonyl (C=O) groups excluding carboxylic acids is 1. The second-order valence-electron chi connectivity index (χ2n) is 2.91. The maximum atomic E-state index is 11.5. The standard InChI is InChI=1S/C10H11NO3/c1-2-14-10(12)8-3-4-11-5-6-13-7-9(8)11/h3,5-7H,2,4H2,1H3. The molecule has 14 heavy (non-hydrogen) atoms. The van der Waals surface area contributed by atoms with Gasteiger partial charge in [0.25, 0.3) is 0 Å². The van der Waals surface area contributed by atoms with Gasteiger partial charge < -0.3 is 14.4 Å².